The zero-order valence-corrected chi connectivity index (χ0v) is 15.5. The lowest BCUT2D eigenvalue weighted by atomic mass is 10.1. The molecule has 0 unspecified atom stereocenters. The molecule has 0 bridgehead atoms. The average molecular weight is 394 g/mol. The first kappa shape index (κ1) is 20.2. The van der Waals surface area contributed by atoms with Gasteiger partial charge in [0.2, 0.25) is 5.78 Å². The van der Waals surface area contributed by atoms with Gasteiger partial charge < -0.3 is 14.2 Å². The molecule has 0 amide bonds. The van der Waals surface area contributed by atoms with E-state index in [0.717, 1.165) is 12.1 Å². The van der Waals surface area contributed by atoms with Crippen LogP contribution in [0.4, 0.5) is 5.69 Å². The number of esters is 1. The summed E-state index contributed by atoms with van der Waals surface area (Å²) < 4.78 is 15.2. The van der Waals surface area contributed by atoms with Crippen molar-refractivity contribution >= 4 is 29.0 Å². The molecule has 9 heteroatoms. The third-order valence-electron chi connectivity index (χ3n) is 3.70. The maximum Gasteiger partial charge on any atom is 0.346 e. The Morgan fingerprint density at radius 3 is 2.15 bits per heavy atom. The van der Waals surface area contributed by atoms with E-state index in [2.05, 4.69) is 0 Å². The Hall–Kier alpha value is -3.13. The maximum absolute atomic E-state index is 12.4. The quantitative estimate of drug-likeness (QED) is 0.305. The number of hydrogen-bond donors (Lipinski definition) is 0. The van der Waals surface area contributed by atoms with Crippen LogP contribution in [0.1, 0.15) is 27.6 Å². The third-order valence-corrected chi connectivity index (χ3v) is 3.95. The van der Waals surface area contributed by atoms with Crippen molar-refractivity contribution in [3.05, 3.63) is 62.7 Å². The van der Waals surface area contributed by atoms with Crippen molar-refractivity contribution in [2.45, 2.75) is 13.0 Å². The Labute approximate surface area is 159 Å². The molecule has 0 saturated carbocycles. The molecular formula is C18H16ClNO7. The topological polar surface area (TPSA) is 105 Å². The summed E-state index contributed by atoms with van der Waals surface area (Å²) in [6.07, 6.45) is -1.16. The molecule has 2 aromatic carbocycles. The van der Waals surface area contributed by atoms with E-state index in [1.54, 1.807) is 0 Å². The number of nitro benzene ring substituents is 1. The largest absolute Gasteiger partial charge is 0.493 e. The van der Waals surface area contributed by atoms with Gasteiger partial charge in [0.05, 0.1) is 25.2 Å². The van der Waals surface area contributed by atoms with Gasteiger partial charge >= 0.3 is 5.97 Å². The summed E-state index contributed by atoms with van der Waals surface area (Å²) in [5, 5.41) is 11.7. The molecule has 2 aromatic rings. The fourth-order valence-electron chi connectivity index (χ4n) is 2.31. The summed E-state index contributed by atoms with van der Waals surface area (Å²) in [5.41, 5.74) is -0.585. The van der Waals surface area contributed by atoms with Crippen LogP contribution in [0.3, 0.4) is 0 Å². The number of halogens is 1. The van der Waals surface area contributed by atoms with Crippen LogP contribution in [-0.2, 0) is 4.74 Å². The van der Waals surface area contributed by atoms with Crippen molar-refractivity contribution < 1.29 is 28.7 Å². The Kier molecular flexibility index (Phi) is 6.36. The molecule has 0 aliphatic rings. The van der Waals surface area contributed by atoms with E-state index in [1.165, 1.54) is 45.4 Å². The monoisotopic (exact) mass is 393 g/mol. The summed E-state index contributed by atoms with van der Waals surface area (Å²) in [5.74, 6) is -1.29. The lowest BCUT2D eigenvalue weighted by Gasteiger charge is -2.14. The fraction of sp³-hybridized carbons (Fsp3) is 0.222. The van der Waals surface area contributed by atoms with Crippen molar-refractivity contribution in [2.75, 3.05) is 14.2 Å². The molecule has 0 heterocycles. The van der Waals surface area contributed by atoms with Crippen LogP contribution in [0.25, 0.3) is 0 Å². The van der Waals surface area contributed by atoms with Crippen LogP contribution in [0.5, 0.6) is 11.5 Å². The van der Waals surface area contributed by atoms with E-state index in [-0.39, 0.29) is 17.1 Å². The van der Waals surface area contributed by atoms with Crippen molar-refractivity contribution in [1.29, 1.82) is 0 Å². The van der Waals surface area contributed by atoms with Gasteiger partial charge in [0.15, 0.2) is 17.6 Å². The normalized spacial score (nSPS) is 11.4. The highest BCUT2D eigenvalue weighted by Gasteiger charge is 2.28. The lowest BCUT2D eigenvalue weighted by Crippen LogP contribution is -2.25. The summed E-state index contributed by atoms with van der Waals surface area (Å²) in [6, 6.07) is 8.24. The Morgan fingerprint density at radius 2 is 1.63 bits per heavy atom. The van der Waals surface area contributed by atoms with Crippen molar-refractivity contribution in [1.82, 2.24) is 0 Å². The van der Waals surface area contributed by atoms with Crippen LogP contribution in [0, 0.1) is 10.1 Å². The molecule has 0 N–H and O–H groups in total. The van der Waals surface area contributed by atoms with Crippen molar-refractivity contribution in [3.63, 3.8) is 0 Å². The van der Waals surface area contributed by atoms with Gasteiger partial charge in [0, 0.05) is 16.7 Å². The third kappa shape index (κ3) is 4.53. The lowest BCUT2D eigenvalue weighted by molar-refractivity contribution is -0.385. The standard InChI is InChI=1S/C18H16ClNO7/c1-10(17(21)11-4-6-12(19)7-5-11)27-18(22)13-8-15(25-2)16(26-3)9-14(13)20(23)24/h4-10H,1-3H3/t10-/m0/s1. The minimum atomic E-state index is -1.16. The average Bonchev–Trinajstić information content (AvgIpc) is 2.66. The van der Waals surface area contributed by atoms with E-state index >= 15 is 0 Å². The van der Waals surface area contributed by atoms with Gasteiger partial charge in [-0.2, -0.15) is 0 Å². The summed E-state index contributed by atoms with van der Waals surface area (Å²) >= 11 is 5.78. The van der Waals surface area contributed by atoms with Gasteiger partial charge in [0.1, 0.15) is 5.56 Å². The molecule has 0 fully saturated rings. The first-order valence-electron chi connectivity index (χ1n) is 7.69. The predicted molar refractivity (Wildman–Crippen MR) is 96.9 cm³/mol. The van der Waals surface area contributed by atoms with Gasteiger partial charge in [-0.05, 0) is 31.2 Å². The van der Waals surface area contributed by atoms with E-state index < -0.39 is 28.5 Å². The van der Waals surface area contributed by atoms with Crippen LogP contribution in [0.15, 0.2) is 36.4 Å². The smallest absolute Gasteiger partial charge is 0.346 e. The molecule has 27 heavy (non-hydrogen) atoms. The second kappa shape index (κ2) is 8.50. The molecule has 142 valence electrons. The molecule has 0 aliphatic carbocycles. The molecule has 0 saturated heterocycles. The Morgan fingerprint density at radius 1 is 1.07 bits per heavy atom. The molecule has 8 nitrogen and oxygen atoms in total. The van der Waals surface area contributed by atoms with Crippen molar-refractivity contribution in [3.8, 4) is 11.5 Å². The highest BCUT2D eigenvalue weighted by Crippen LogP contribution is 2.35. The highest BCUT2D eigenvalue weighted by molar-refractivity contribution is 6.30. The van der Waals surface area contributed by atoms with Crippen LogP contribution in [-0.4, -0.2) is 37.0 Å². The number of hydrogen-bond acceptors (Lipinski definition) is 7. The second-order valence-electron chi connectivity index (χ2n) is 5.40. The number of rotatable bonds is 7. The van der Waals surface area contributed by atoms with E-state index in [1.807, 2.05) is 0 Å². The van der Waals surface area contributed by atoms with Crippen LogP contribution in [0.2, 0.25) is 5.02 Å². The summed E-state index contributed by atoms with van der Waals surface area (Å²) in [7, 11) is 2.64. The molecule has 1 atom stereocenters. The van der Waals surface area contributed by atoms with Gasteiger partial charge in [0.25, 0.3) is 5.69 Å². The number of ether oxygens (including phenoxy) is 3. The highest BCUT2D eigenvalue weighted by atomic mass is 35.5. The van der Waals surface area contributed by atoms with E-state index in [9.17, 15) is 19.7 Å². The fourth-order valence-corrected chi connectivity index (χ4v) is 2.44. The van der Waals surface area contributed by atoms with Gasteiger partial charge in [-0.1, -0.05) is 11.6 Å². The van der Waals surface area contributed by atoms with E-state index in [0.29, 0.717) is 10.6 Å². The van der Waals surface area contributed by atoms with Gasteiger partial charge in [-0.25, -0.2) is 4.79 Å². The number of carbonyl (C=O) groups is 2. The number of benzene rings is 2. The number of nitro groups is 1. The van der Waals surface area contributed by atoms with Crippen LogP contribution >= 0.6 is 11.6 Å². The minimum absolute atomic E-state index is 0.0889. The van der Waals surface area contributed by atoms with Gasteiger partial charge in [-0.3, -0.25) is 14.9 Å². The van der Waals surface area contributed by atoms with Crippen LogP contribution < -0.4 is 9.47 Å². The number of Topliss-reactive ketones (excluding diaryl/α,β-unsaturated/α-hetero) is 1. The Balaban J connectivity index is 2.29. The molecule has 0 aromatic heterocycles. The first-order valence-corrected chi connectivity index (χ1v) is 8.07. The summed E-state index contributed by atoms with van der Waals surface area (Å²) in [4.78, 5) is 35.4. The van der Waals surface area contributed by atoms with Gasteiger partial charge in [-0.15, -0.1) is 0 Å². The minimum Gasteiger partial charge on any atom is -0.493 e. The first-order chi connectivity index (χ1) is 12.8. The molecule has 2 rings (SSSR count). The number of ketones is 1. The zero-order valence-electron chi connectivity index (χ0n) is 14.7. The molecule has 0 radical (unpaired) electrons. The Bertz CT molecular complexity index is 880. The van der Waals surface area contributed by atoms with Crippen molar-refractivity contribution in [2.24, 2.45) is 0 Å². The second-order valence-corrected chi connectivity index (χ2v) is 5.84. The molecule has 0 aliphatic heterocycles. The number of nitrogens with zero attached hydrogens (tertiary/aromatic N) is 1. The zero-order chi connectivity index (χ0) is 20.1. The SMILES string of the molecule is COc1cc(C(=O)O[C@@H](C)C(=O)c2ccc(Cl)cc2)c([N+](=O)[O-])cc1OC. The summed E-state index contributed by atoms with van der Waals surface area (Å²) in [6.45, 7) is 1.38. The van der Waals surface area contributed by atoms with E-state index in [4.69, 9.17) is 25.8 Å². The maximum atomic E-state index is 12.4. The molecule has 0 spiro atoms. The number of methoxy groups -OCH3 is 2. The molecular weight excluding hydrogens is 378 g/mol. The number of carbonyl (C=O) groups excluding carboxylic acids is 2. The predicted octanol–water partition coefficient (Wildman–Crippen LogP) is 3.69.